The van der Waals surface area contributed by atoms with Crippen LogP contribution in [0.2, 0.25) is 0 Å². The summed E-state index contributed by atoms with van der Waals surface area (Å²) in [5.41, 5.74) is 1.80. The predicted molar refractivity (Wildman–Crippen MR) is 124 cm³/mol. The number of fused-ring (bicyclic) bond motifs is 1. The third-order valence-corrected chi connectivity index (χ3v) is 7.61. The first-order chi connectivity index (χ1) is 14.8. The first-order valence-corrected chi connectivity index (χ1v) is 12.0. The Bertz CT molecular complexity index is 1280. The lowest BCUT2D eigenvalue weighted by atomic mass is 10.2. The highest BCUT2D eigenvalue weighted by molar-refractivity contribution is 7.92. The summed E-state index contributed by atoms with van der Waals surface area (Å²) in [6.07, 6.45) is 0. The van der Waals surface area contributed by atoms with E-state index in [-0.39, 0.29) is 16.8 Å². The van der Waals surface area contributed by atoms with Crippen molar-refractivity contribution >= 4 is 43.2 Å². The van der Waals surface area contributed by atoms with E-state index < -0.39 is 10.0 Å². The van der Waals surface area contributed by atoms with Gasteiger partial charge in [-0.1, -0.05) is 30.3 Å². The molecule has 8 heteroatoms. The minimum Gasteiger partial charge on any atom is -0.333 e. The lowest BCUT2D eigenvalue weighted by Gasteiger charge is -2.23. The molecule has 31 heavy (non-hydrogen) atoms. The van der Waals surface area contributed by atoms with Gasteiger partial charge in [0.15, 0.2) is 0 Å². The summed E-state index contributed by atoms with van der Waals surface area (Å²) in [6.45, 7) is 1.93. The molecule has 0 fully saturated rings. The van der Waals surface area contributed by atoms with E-state index in [1.165, 1.54) is 24.3 Å². The van der Waals surface area contributed by atoms with Crippen LogP contribution in [0.1, 0.15) is 28.3 Å². The number of benzene rings is 3. The SMILES string of the molecule is C[C@@H](c1nc2ccccc2s1)N(C)C(=O)c1ccc(S(=O)(=O)Nc2ccccc2)cc1. The highest BCUT2D eigenvalue weighted by Crippen LogP contribution is 2.29. The maximum atomic E-state index is 13.0. The van der Waals surface area contributed by atoms with Crippen LogP contribution < -0.4 is 4.72 Å². The molecule has 3 aromatic carbocycles. The maximum Gasteiger partial charge on any atom is 0.261 e. The van der Waals surface area contributed by atoms with E-state index in [9.17, 15) is 13.2 Å². The molecule has 1 heterocycles. The fourth-order valence-corrected chi connectivity index (χ4v) is 5.23. The molecule has 4 aromatic rings. The number of thiazole rings is 1. The van der Waals surface area contributed by atoms with Crippen LogP contribution in [0, 0.1) is 0 Å². The molecule has 0 aliphatic rings. The van der Waals surface area contributed by atoms with Crippen LogP contribution in [0.3, 0.4) is 0 Å². The second-order valence-corrected chi connectivity index (χ2v) is 9.85. The van der Waals surface area contributed by atoms with Gasteiger partial charge in [0.05, 0.1) is 21.2 Å². The van der Waals surface area contributed by atoms with Gasteiger partial charge in [-0.15, -0.1) is 11.3 Å². The van der Waals surface area contributed by atoms with E-state index in [4.69, 9.17) is 0 Å². The smallest absolute Gasteiger partial charge is 0.261 e. The lowest BCUT2D eigenvalue weighted by Crippen LogP contribution is -2.29. The highest BCUT2D eigenvalue weighted by Gasteiger charge is 2.22. The summed E-state index contributed by atoms with van der Waals surface area (Å²) in [7, 11) is -2.01. The third kappa shape index (κ3) is 4.45. The Hall–Kier alpha value is -3.23. The van der Waals surface area contributed by atoms with Gasteiger partial charge >= 0.3 is 0 Å². The largest absolute Gasteiger partial charge is 0.333 e. The second kappa shape index (κ2) is 8.49. The summed E-state index contributed by atoms with van der Waals surface area (Å²) in [6, 6.07) is 22.2. The van der Waals surface area contributed by atoms with E-state index in [2.05, 4.69) is 9.71 Å². The second-order valence-electron chi connectivity index (χ2n) is 7.11. The fraction of sp³-hybridized carbons (Fsp3) is 0.130. The molecule has 0 bridgehead atoms. The van der Waals surface area contributed by atoms with Gasteiger partial charge in [-0.25, -0.2) is 13.4 Å². The molecule has 0 aliphatic carbocycles. The molecule has 0 saturated carbocycles. The van der Waals surface area contributed by atoms with Crippen molar-refractivity contribution in [2.24, 2.45) is 0 Å². The van der Waals surface area contributed by atoms with Crippen LogP contribution in [-0.2, 0) is 10.0 Å². The molecule has 0 radical (unpaired) electrons. The number of hydrogen-bond donors (Lipinski definition) is 1. The minimum atomic E-state index is -3.73. The van der Waals surface area contributed by atoms with E-state index in [1.54, 1.807) is 47.5 Å². The average molecular weight is 452 g/mol. The Morgan fingerprint density at radius 1 is 0.968 bits per heavy atom. The molecule has 0 aliphatic heterocycles. The summed E-state index contributed by atoms with van der Waals surface area (Å²) in [5.74, 6) is -0.202. The van der Waals surface area contributed by atoms with Crippen LogP contribution in [0.4, 0.5) is 5.69 Å². The zero-order chi connectivity index (χ0) is 22.0. The molecule has 0 saturated heterocycles. The first-order valence-electron chi connectivity index (χ1n) is 9.66. The number of para-hydroxylation sites is 2. The maximum absolute atomic E-state index is 13.0. The van der Waals surface area contributed by atoms with E-state index in [0.29, 0.717) is 11.3 Å². The molecule has 1 aromatic heterocycles. The van der Waals surface area contributed by atoms with Crippen molar-refractivity contribution in [1.82, 2.24) is 9.88 Å². The van der Waals surface area contributed by atoms with Gasteiger partial charge < -0.3 is 4.90 Å². The lowest BCUT2D eigenvalue weighted by molar-refractivity contribution is 0.0742. The van der Waals surface area contributed by atoms with Crippen molar-refractivity contribution in [3.63, 3.8) is 0 Å². The molecule has 1 N–H and O–H groups in total. The average Bonchev–Trinajstić information content (AvgIpc) is 3.22. The standard InChI is InChI=1S/C23H21N3O3S2/c1-16(22-24-20-10-6-7-11-21(20)30-22)26(2)23(27)17-12-14-19(15-13-17)31(28,29)25-18-8-4-3-5-9-18/h3-16,25H,1-2H3/t16-/m0/s1. The molecule has 0 unspecified atom stereocenters. The zero-order valence-corrected chi connectivity index (χ0v) is 18.7. The highest BCUT2D eigenvalue weighted by atomic mass is 32.2. The number of carbonyl (C=O) groups excluding carboxylic acids is 1. The third-order valence-electron chi connectivity index (χ3n) is 5.01. The van der Waals surface area contributed by atoms with Gasteiger partial charge in [-0.2, -0.15) is 0 Å². The van der Waals surface area contributed by atoms with Gasteiger partial charge in [0.2, 0.25) is 0 Å². The summed E-state index contributed by atoms with van der Waals surface area (Å²) in [4.78, 5) is 19.3. The molecular weight excluding hydrogens is 430 g/mol. The van der Waals surface area contributed by atoms with Gasteiger partial charge in [0, 0.05) is 18.3 Å². The number of anilines is 1. The van der Waals surface area contributed by atoms with Crippen molar-refractivity contribution in [2.75, 3.05) is 11.8 Å². The Morgan fingerprint density at radius 3 is 2.29 bits per heavy atom. The topological polar surface area (TPSA) is 79.4 Å². The van der Waals surface area contributed by atoms with E-state index in [1.807, 2.05) is 37.3 Å². The van der Waals surface area contributed by atoms with Gasteiger partial charge in [-0.3, -0.25) is 9.52 Å². The summed E-state index contributed by atoms with van der Waals surface area (Å²) in [5, 5.41) is 0.850. The monoisotopic (exact) mass is 451 g/mol. The number of nitrogens with one attached hydrogen (secondary N) is 1. The van der Waals surface area contributed by atoms with E-state index in [0.717, 1.165) is 15.2 Å². The van der Waals surface area contributed by atoms with Crippen LogP contribution >= 0.6 is 11.3 Å². The van der Waals surface area contributed by atoms with Crippen LogP contribution in [0.15, 0.2) is 83.8 Å². The number of amides is 1. The molecule has 4 rings (SSSR count). The fourth-order valence-electron chi connectivity index (χ4n) is 3.11. The Kier molecular flexibility index (Phi) is 5.75. The number of rotatable bonds is 6. The Morgan fingerprint density at radius 2 is 1.61 bits per heavy atom. The van der Waals surface area contributed by atoms with Crippen molar-refractivity contribution < 1.29 is 13.2 Å². The molecule has 1 atom stereocenters. The number of nitrogens with zero attached hydrogens (tertiary/aromatic N) is 2. The van der Waals surface area contributed by atoms with Gasteiger partial charge in [-0.05, 0) is 55.5 Å². The van der Waals surface area contributed by atoms with Crippen molar-refractivity contribution in [1.29, 1.82) is 0 Å². The number of carbonyl (C=O) groups is 1. The zero-order valence-electron chi connectivity index (χ0n) is 17.0. The Labute approximate surface area is 185 Å². The van der Waals surface area contributed by atoms with Crippen LogP contribution in [-0.4, -0.2) is 31.3 Å². The number of sulfonamides is 1. The predicted octanol–water partition coefficient (Wildman–Crippen LogP) is 4.93. The van der Waals surface area contributed by atoms with Crippen LogP contribution in [0.25, 0.3) is 10.2 Å². The number of hydrogen-bond acceptors (Lipinski definition) is 5. The molecule has 158 valence electrons. The van der Waals surface area contributed by atoms with Crippen molar-refractivity contribution in [2.45, 2.75) is 17.9 Å². The Balaban J connectivity index is 1.50. The summed E-state index contributed by atoms with van der Waals surface area (Å²) < 4.78 is 28.8. The molecule has 0 spiro atoms. The van der Waals surface area contributed by atoms with Crippen molar-refractivity contribution in [3.05, 3.63) is 89.4 Å². The minimum absolute atomic E-state index is 0.0924. The molecular formula is C23H21N3O3S2. The van der Waals surface area contributed by atoms with E-state index >= 15 is 0 Å². The van der Waals surface area contributed by atoms with Gasteiger partial charge in [0.1, 0.15) is 5.01 Å². The number of aromatic nitrogens is 1. The van der Waals surface area contributed by atoms with Crippen molar-refractivity contribution in [3.8, 4) is 0 Å². The van der Waals surface area contributed by atoms with Crippen LogP contribution in [0.5, 0.6) is 0 Å². The van der Waals surface area contributed by atoms with Gasteiger partial charge in [0.25, 0.3) is 15.9 Å². The quantitative estimate of drug-likeness (QED) is 0.451. The summed E-state index contributed by atoms with van der Waals surface area (Å²) >= 11 is 1.56. The molecule has 1 amide bonds. The normalized spacial score (nSPS) is 12.5. The molecule has 6 nitrogen and oxygen atoms in total. The first kappa shape index (κ1) is 21.0.